The van der Waals surface area contributed by atoms with Crippen LogP contribution in [-0.2, 0) is 12.7 Å². The van der Waals surface area contributed by atoms with Gasteiger partial charge in [-0.2, -0.15) is 13.2 Å². The first kappa shape index (κ1) is 16.9. The van der Waals surface area contributed by atoms with Crippen LogP contribution in [-0.4, -0.2) is 35.6 Å². The zero-order valence-corrected chi connectivity index (χ0v) is 12.4. The normalized spacial score (nSPS) is 13.0. The summed E-state index contributed by atoms with van der Waals surface area (Å²) in [6.07, 6.45) is -3.44. The summed E-state index contributed by atoms with van der Waals surface area (Å²) >= 11 is 0. The average Bonchev–Trinajstić information content (AvgIpc) is 2.26. The lowest BCUT2D eigenvalue weighted by Crippen LogP contribution is -2.40. The number of hydrogen-bond acceptors (Lipinski definition) is 3. The molecule has 0 spiro atoms. The van der Waals surface area contributed by atoms with E-state index in [1.165, 1.54) is 6.07 Å². The van der Waals surface area contributed by atoms with E-state index >= 15 is 0 Å². The van der Waals surface area contributed by atoms with Crippen molar-refractivity contribution in [1.29, 1.82) is 0 Å². The van der Waals surface area contributed by atoms with Gasteiger partial charge in [-0.15, -0.1) is 0 Å². The van der Waals surface area contributed by atoms with Crippen LogP contribution in [0.2, 0.25) is 0 Å². The molecule has 1 heterocycles. The third-order valence-electron chi connectivity index (χ3n) is 2.73. The highest BCUT2D eigenvalue weighted by Gasteiger charge is 2.30. The van der Waals surface area contributed by atoms with Crippen LogP contribution in [0.25, 0.3) is 0 Å². The van der Waals surface area contributed by atoms with E-state index in [0.29, 0.717) is 12.2 Å². The fraction of sp³-hybridized carbons (Fsp3) is 0.643. The summed E-state index contributed by atoms with van der Waals surface area (Å²) in [6, 6.07) is 2.50. The Labute approximate surface area is 118 Å². The molecule has 0 fully saturated rings. The van der Waals surface area contributed by atoms with E-state index in [1.54, 1.807) is 0 Å². The third kappa shape index (κ3) is 6.34. The Morgan fingerprint density at radius 2 is 1.85 bits per heavy atom. The molecule has 1 rings (SSSR count). The fourth-order valence-corrected chi connectivity index (χ4v) is 1.66. The molecular formula is C14H22F3N3. The molecule has 0 bridgehead atoms. The number of nitrogens with one attached hydrogen (secondary N) is 1. The summed E-state index contributed by atoms with van der Waals surface area (Å²) in [7, 11) is 1.92. The smallest absolute Gasteiger partial charge is 0.311 e. The maximum atomic E-state index is 12.4. The highest BCUT2D eigenvalue weighted by Crippen LogP contribution is 2.28. The van der Waals surface area contributed by atoms with Gasteiger partial charge in [-0.1, -0.05) is 0 Å². The SMILES string of the molecule is CN(CCNC(C)(C)C)Cc1ccc(C(F)(F)F)cn1. The highest BCUT2D eigenvalue weighted by atomic mass is 19.4. The van der Waals surface area contributed by atoms with E-state index in [4.69, 9.17) is 0 Å². The van der Waals surface area contributed by atoms with Gasteiger partial charge in [0.15, 0.2) is 0 Å². The predicted molar refractivity (Wildman–Crippen MR) is 73.3 cm³/mol. The number of likely N-dealkylation sites (N-methyl/N-ethyl adjacent to an activating group) is 1. The van der Waals surface area contributed by atoms with Gasteiger partial charge in [0.25, 0.3) is 0 Å². The Hall–Kier alpha value is -1.14. The van der Waals surface area contributed by atoms with E-state index in [2.05, 4.69) is 31.1 Å². The lowest BCUT2D eigenvalue weighted by molar-refractivity contribution is -0.137. The Morgan fingerprint density at radius 1 is 1.20 bits per heavy atom. The lowest BCUT2D eigenvalue weighted by Gasteiger charge is -2.23. The summed E-state index contributed by atoms with van der Waals surface area (Å²) in [5, 5.41) is 3.36. The van der Waals surface area contributed by atoms with Crippen molar-refractivity contribution in [3.63, 3.8) is 0 Å². The quantitative estimate of drug-likeness (QED) is 0.903. The molecule has 0 amide bonds. The predicted octanol–water partition coefficient (Wildman–Crippen LogP) is 2.92. The van der Waals surface area contributed by atoms with Crippen molar-refractivity contribution in [3.05, 3.63) is 29.6 Å². The summed E-state index contributed by atoms with van der Waals surface area (Å²) in [4.78, 5) is 5.88. The van der Waals surface area contributed by atoms with Gasteiger partial charge in [-0.05, 0) is 40.0 Å². The first-order valence-corrected chi connectivity index (χ1v) is 6.53. The van der Waals surface area contributed by atoms with Crippen LogP contribution in [0.1, 0.15) is 32.0 Å². The second kappa shape index (κ2) is 6.54. The number of hydrogen-bond donors (Lipinski definition) is 1. The van der Waals surface area contributed by atoms with Crippen molar-refractivity contribution in [2.24, 2.45) is 0 Å². The molecule has 0 aliphatic rings. The maximum absolute atomic E-state index is 12.4. The van der Waals surface area contributed by atoms with Gasteiger partial charge in [0, 0.05) is 31.4 Å². The minimum absolute atomic E-state index is 0.0629. The standard InChI is InChI=1S/C14H22F3N3/c1-13(2,3)19-7-8-20(4)10-12-6-5-11(9-18-12)14(15,16)17/h5-6,9,19H,7-8,10H2,1-4H3. The van der Waals surface area contributed by atoms with Gasteiger partial charge in [-0.25, -0.2) is 0 Å². The second-order valence-electron chi connectivity index (χ2n) is 5.95. The van der Waals surface area contributed by atoms with Crippen molar-refractivity contribution in [3.8, 4) is 0 Å². The van der Waals surface area contributed by atoms with E-state index in [-0.39, 0.29) is 5.54 Å². The topological polar surface area (TPSA) is 28.2 Å². The zero-order chi connectivity index (χ0) is 15.4. The van der Waals surface area contributed by atoms with Crippen LogP contribution in [0.15, 0.2) is 18.3 Å². The molecule has 0 saturated carbocycles. The number of rotatable bonds is 5. The molecule has 0 aliphatic heterocycles. The molecule has 0 unspecified atom stereocenters. The van der Waals surface area contributed by atoms with Gasteiger partial charge < -0.3 is 5.32 Å². The van der Waals surface area contributed by atoms with Crippen molar-refractivity contribution in [2.75, 3.05) is 20.1 Å². The van der Waals surface area contributed by atoms with E-state index in [0.717, 1.165) is 25.4 Å². The van der Waals surface area contributed by atoms with Crippen LogP contribution < -0.4 is 5.32 Å². The molecule has 0 aromatic carbocycles. The number of pyridine rings is 1. The van der Waals surface area contributed by atoms with E-state index in [1.807, 2.05) is 11.9 Å². The van der Waals surface area contributed by atoms with Crippen LogP contribution in [0, 0.1) is 0 Å². The minimum Gasteiger partial charge on any atom is -0.311 e. The highest BCUT2D eigenvalue weighted by molar-refractivity contribution is 5.16. The lowest BCUT2D eigenvalue weighted by atomic mass is 10.1. The summed E-state index contributed by atoms with van der Waals surface area (Å²) in [5.74, 6) is 0. The molecule has 1 aromatic heterocycles. The van der Waals surface area contributed by atoms with Crippen LogP contribution in [0.4, 0.5) is 13.2 Å². The summed E-state index contributed by atoms with van der Waals surface area (Å²) < 4.78 is 37.2. The molecule has 20 heavy (non-hydrogen) atoms. The van der Waals surface area contributed by atoms with Crippen LogP contribution in [0.3, 0.4) is 0 Å². The van der Waals surface area contributed by atoms with Gasteiger partial charge in [-0.3, -0.25) is 9.88 Å². The molecule has 114 valence electrons. The average molecular weight is 289 g/mol. The minimum atomic E-state index is -4.33. The molecule has 1 aromatic rings. The summed E-state index contributed by atoms with van der Waals surface area (Å²) in [5.41, 5.74) is -0.0115. The number of alkyl halides is 3. The van der Waals surface area contributed by atoms with Crippen LogP contribution in [0.5, 0.6) is 0 Å². The number of aromatic nitrogens is 1. The first-order chi connectivity index (χ1) is 9.08. The Bertz CT molecular complexity index is 407. The molecule has 0 radical (unpaired) electrons. The Balaban J connectivity index is 2.44. The largest absolute Gasteiger partial charge is 0.417 e. The second-order valence-corrected chi connectivity index (χ2v) is 5.95. The van der Waals surface area contributed by atoms with Crippen molar-refractivity contribution >= 4 is 0 Å². The third-order valence-corrected chi connectivity index (χ3v) is 2.73. The number of nitrogens with zero attached hydrogens (tertiary/aromatic N) is 2. The van der Waals surface area contributed by atoms with E-state index < -0.39 is 11.7 Å². The van der Waals surface area contributed by atoms with Gasteiger partial charge >= 0.3 is 6.18 Å². The summed E-state index contributed by atoms with van der Waals surface area (Å²) in [6.45, 7) is 8.42. The fourth-order valence-electron chi connectivity index (χ4n) is 1.66. The zero-order valence-electron chi connectivity index (χ0n) is 12.4. The molecule has 0 atom stereocenters. The van der Waals surface area contributed by atoms with Gasteiger partial charge in [0.1, 0.15) is 0 Å². The molecule has 0 aliphatic carbocycles. The van der Waals surface area contributed by atoms with Crippen molar-refractivity contribution in [1.82, 2.24) is 15.2 Å². The molecule has 3 nitrogen and oxygen atoms in total. The Morgan fingerprint density at radius 3 is 2.30 bits per heavy atom. The molecule has 0 saturated heterocycles. The number of halogens is 3. The van der Waals surface area contributed by atoms with Crippen LogP contribution >= 0.6 is 0 Å². The Kier molecular flexibility index (Phi) is 5.53. The first-order valence-electron chi connectivity index (χ1n) is 6.53. The van der Waals surface area contributed by atoms with Crippen molar-refractivity contribution < 1.29 is 13.2 Å². The molecular weight excluding hydrogens is 267 g/mol. The molecule has 6 heteroatoms. The monoisotopic (exact) mass is 289 g/mol. The van der Waals surface area contributed by atoms with Gasteiger partial charge in [0.2, 0.25) is 0 Å². The maximum Gasteiger partial charge on any atom is 0.417 e. The van der Waals surface area contributed by atoms with Gasteiger partial charge in [0.05, 0.1) is 11.3 Å². The van der Waals surface area contributed by atoms with E-state index in [9.17, 15) is 13.2 Å². The molecule has 1 N–H and O–H groups in total. The van der Waals surface area contributed by atoms with Crippen molar-refractivity contribution in [2.45, 2.75) is 39.0 Å².